The van der Waals surface area contributed by atoms with Gasteiger partial charge in [0.2, 0.25) is 0 Å². The smallest absolute Gasteiger partial charge is 0.0442 e. The lowest BCUT2D eigenvalue weighted by atomic mass is 9.97. The van der Waals surface area contributed by atoms with Gasteiger partial charge in [-0.25, -0.2) is 0 Å². The lowest BCUT2D eigenvalue weighted by molar-refractivity contribution is 0.562. The van der Waals surface area contributed by atoms with Gasteiger partial charge in [-0.2, -0.15) is 0 Å². The summed E-state index contributed by atoms with van der Waals surface area (Å²) in [5.41, 5.74) is 2.83. The zero-order valence-electron chi connectivity index (χ0n) is 6.96. The first-order chi connectivity index (χ1) is 5.95. The van der Waals surface area contributed by atoms with E-state index >= 15 is 0 Å². The average Bonchev–Trinajstić information content (AvgIpc) is 2.62. The summed E-state index contributed by atoms with van der Waals surface area (Å²) in [6.07, 6.45) is 3.10. The number of pyridine rings is 1. The van der Waals surface area contributed by atoms with Crippen LogP contribution in [-0.2, 0) is 6.42 Å². The van der Waals surface area contributed by atoms with Gasteiger partial charge in [-0.05, 0) is 30.5 Å². The molecule has 2 atom stereocenters. The highest BCUT2D eigenvalue weighted by Crippen LogP contribution is 2.38. The van der Waals surface area contributed by atoms with Crippen LogP contribution in [0.2, 0.25) is 0 Å². The van der Waals surface area contributed by atoms with E-state index in [1.165, 1.54) is 24.2 Å². The zero-order chi connectivity index (χ0) is 7.97. The molecule has 0 bridgehead atoms. The Bertz CT molecular complexity index is 308. The van der Waals surface area contributed by atoms with Crippen LogP contribution < -0.4 is 5.32 Å². The molecule has 0 spiro atoms. The number of nitrogens with one attached hydrogen (secondary N) is 1. The minimum Gasteiger partial charge on any atom is -0.316 e. The highest BCUT2D eigenvalue weighted by atomic mass is 14.9. The number of hydrogen-bond acceptors (Lipinski definition) is 2. The van der Waals surface area contributed by atoms with Crippen molar-refractivity contribution < 1.29 is 0 Å². The van der Waals surface area contributed by atoms with Gasteiger partial charge in [0.05, 0.1) is 0 Å². The fraction of sp³-hybridized carbons (Fsp3) is 0.500. The first kappa shape index (κ1) is 6.61. The number of fused-ring (bicyclic) bond motifs is 3. The van der Waals surface area contributed by atoms with Crippen molar-refractivity contribution in [1.29, 1.82) is 0 Å². The summed E-state index contributed by atoms with van der Waals surface area (Å²) < 4.78 is 0. The fourth-order valence-electron chi connectivity index (χ4n) is 2.52. The van der Waals surface area contributed by atoms with Gasteiger partial charge in [0.1, 0.15) is 0 Å². The maximum Gasteiger partial charge on any atom is 0.0442 e. The molecule has 2 aliphatic rings. The topological polar surface area (TPSA) is 24.9 Å². The van der Waals surface area contributed by atoms with Gasteiger partial charge in [0.25, 0.3) is 0 Å². The first-order valence-corrected chi connectivity index (χ1v) is 4.59. The van der Waals surface area contributed by atoms with Crippen molar-refractivity contribution in [3.63, 3.8) is 0 Å². The van der Waals surface area contributed by atoms with Gasteiger partial charge in [-0.3, -0.25) is 4.98 Å². The van der Waals surface area contributed by atoms with Gasteiger partial charge >= 0.3 is 0 Å². The molecule has 1 aliphatic carbocycles. The van der Waals surface area contributed by atoms with Gasteiger partial charge in [0, 0.05) is 24.4 Å². The van der Waals surface area contributed by atoms with Crippen LogP contribution in [0.25, 0.3) is 0 Å². The molecule has 2 nitrogen and oxygen atoms in total. The standard InChI is InChI=1S/C10H12N2/c1-2-8-9-6-11-5-7(9)4-10(8)12-3-1/h1-3,7,9,11H,4-6H2/t7-,9+/m1/s1. The summed E-state index contributed by atoms with van der Waals surface area (Å²) in [6.45, 7) is 2.34. The van der Waals surface area contributed by atoms with Crippen LogP contribution in [0.15, 0.2) is 18.3 Å². The van der Waals surface area contributed by atoms with E-state index < -0.39 is 0 Å². The largest absolute Gasteiger partial charge is 0.316 e. The molecule has 3 rings (SSSR count). The van der Waals surface area contributed by atoms with Crippen molar-refractivity contribution in [1.82, 2.24) is 10.3 Å². The monoisotopic (exact) mass is 160 g/mol. The summed E-state index contributed by atoms with van der Waals surface area (Å²) >= 11 is 0. The Morgan fingerprint density at radius 3 is 3.42 bits per heavy atom. The van der Waals surface area contributed by atoms with Gasteiger partial charge in [-0.15, -0.1) is 0 Å². The maximum absolute atomic E-state index is 4.41. The van der Waals surface area contributed by atoms with E-state index in [9.17, 15) is 0 Å². The molecule has 1 aliphatic heterocycles. The van der Waals surface area contributed by atoms with Crippen molar-refractivity contribution in [3.05, 3.63) is 29.6 Å². The quantitative estimate of drug-likeness (QED) is 0.611. The second-order valence-electron chi connectivity index (χ2n) is 3.77. The molecule has 0 amide bonds. The molecule has 62 valence electrons. The molecule has 0 radical (unpaired) electrons. The van der Waals surface area contributed by atoms with Crippen LogP contribution in [0.1, 0.15) is 17.2 Å². The Morgan fingerprint density at radius 2 is 2.42 bits per heavy atom. The molecule has 0 unspecified atom stereocenters. The maximum atomic E-state index is 4.41. The second-order valence-corrected chi connectivity index (χ2v) is 3.77. The fourth-order valence-corrected chi connectivity index (χ4v) is 2.52. The Kier molecular flexibility index (Phi) is 1.27. The SMILES string of the molecule is c1cnc2c(c1)[C@H]1CNC[C@H]1C2. The summed E-state index contributed by atoms with van der Waals surface area (Å²) in [4.78, 5) is 4.41. The minimum atomic E-state index is 0.758. The van der Waals surface area contributed by atoms with Crippen molar-refractivity contribution >= 4 is 0 Å². The number of aromatic nitrogens is 1. The Morgan fingerprint density at radius 1 is 1.42 bits per heavy atom. The van der Waals surface area contributed by atoms with Gasteiger partial charge < -0.3 is 5.32 Å². The molecule has 2 heteroatoms. The summed E-state index contributed by atoms with van der Waals surface area (Å²) in [5.74, 6) is 1.59. The van der Waals surface area contributed by atoms with E-state index in [4.69, 9.17) is 0 Å². The number of nitrogens with zero attached hydrogens (tertiary/aromatic N) is 1. The van der Waals surface area contributed by atoms with Gasteiger partial charge in [-0.1, -0.05) is 6.07 Å². The number of hydrogen-bond donors (Lipinski definition) is 1. The van der Waals surface area contributed by atoms with Crippen LogP contribution in [0.5, 0.6) is 0 Å². The van der Waals surface area contributed by atoms with Crippen molar-refractivity contribution in [3.8, 4) is 0 Å². The predicted molar refractivity (Wildman–Crippen MR) is 47.0 cm³/mol. The molecule has 0 aromatic carbocycles. The normalized spacial score (nSPS) is 31.7. The lowest BCUT2D eigenvalue weighted by Gasteiger charge is -2.06. The molecule has 1 aromatic rings. The molecule has 1 aromatic heterocycles. The van der Waals surface area contributed by atoms with Gasteiger partial charge in [0.15, 0.2) is 0 Å². The molecule has 0 saturated carbocycles. The van der Waals surface area contributed by atoms with Crippen LogP contribution >= 0.6 is 0 Å². The Balaban J connectivity index is 2.09. The predicted octanol–water partition coefficient (Wildman–Crippen LogP) is 0.941. The van der Waals surface area contributed by atoms with Crippen molar-refractivity contribution in [2.24, 2.45) is 5.92 Å². The van der Waals surface area contributed by atoms with Crippen LogP contribution in [0.3, 0.4) is 0 Å². The van der Waals surface area contributed by atoms with Crippen LogP contribution in [-0.4, -0.2) is 18.1 Å². The van der Waals surface area contributed by atoms with E-state index in [1.54, 1.807) is 0 Å². The van der Waals surface area contributed by atoms with Crippen LogP contribution in [0.4, 0.5) is 0 Å². The summed E-state index contributed by atoms with van der Waals surface area (Å²) in [6, 6.07) is 4.29. The van der Waals surface area contributed by atoms with E-state index in [1.807, 2.05) is 6.20 Å². The molecule has 12 heavy (non-hydrogen) atoms. The third-order valence-electron chi connectivity index (χ3n) is 3.12. The number of rotatable bonds is 0. The zero-order valence-corrected chi connectivity index (χ0v) is 6.96. The molecule has 1 N–H and O–H groups in total. The average molecular weight is 160 g/mol. The van der Waals surface area contributed by atoms with Crippen LogP contribution in [0, 0.1) is 5.92 Å². The highest BCUT2D eigenvalue weighted by molar-refractivity contribution is 5.32. The summed E-state index contributed by atoms with van der Waals surface area (Å²) in [7, 11) is 0. The molecular weight excluding hydrogens is 148 g/mol. The second kappa shape index (κ2) is 2.30. The highest BCUT2D eigenvalue weighted by Gasteiger charge is 2.36. The molecule has 2 heterocycles. The van der Waals surface area contributed by atoms with E-state index in [2.05, 4.69) is 22.4 Å². The minimum absolute atomic E-state index is 0.758. The molecule has 1 fully saturated rings. The van der Waals surface area contributed by atoms with Crippen molar-refractivity contribution in [2.75, 3.05) is 13.1 Å². The molecular formula is C10H12N2. The third kappa shape index (κ3) is 0.758. The first-order valence-electron chi connectivity index (χ1n) is 4.59. The lowest BCUT2D eigenvalue weighted by Crippen LogP contribution is -2.10. The van der Waals surface area contributed by atoms with E-state index in [-0.39, 0.29) is 0 Å². The van der Waals surface area contributed by atoms with Crippen molar-refractivity contribution in [2.45, 2.75) is 12.3 Å². The summed E-state index contributed by atoms with van der Waals surface area (Å²) in [5, 5.41) is 3.44. The molecule has 1 saturated heterocycles. The third-order valence-corrected chi connectivity index (χ3v) is 3.12. The van der Waals surface area contributed by atoms with E-state index in [0.717, 1.165) is 18.4 Å². The van der Waals surface area contributed by atoms with E-state index in [0.29, 0.717) is 0 Å². The Labute approximate surface area is 72.0 Å². The Hall–Kier alpha value is -0.890.